The molecule has 4 nitrogen and oxygen atoms in total. The Morgan fingerprint density at radius 3 is 2.23 bits per heavy atom. The van der Waals surface area contributed by atoms with Crippen LogP contribution in [0.1, 0.15) is 44.4 Å². The number of nitrogens with two attached hydrogens (primary N) is 1. The maximum Gasteiger partial charge on any atom is 0.241 e. The molecule has 2 unspecified atom stereocenters. The van der Waals surface area contributed by atoms with E-state index in [1.54, 1.807) is 0 Å². The van der Waals surface area contributed by atoms with Crippen molar-refractivity contribution in [3.63, 3.8) is 0 Å². The lowest BCUT2D eigenvalue weighted by Crippen LogP contribution is -2.39. The molecule has 0 spiro atoms. The second kappa shape index (κ2) is 10.8. The molecule has 0 aromatic heterocycles. The number of amides is 1. The SMILES string of the molecule is CC(CCc1ccc(OC(C)C)cc1)NC(=O)C(N)c1ccccc1.Cl. The van der Waals surface area contributed by atoms with Gasteiger partial charge in [-0.3, -0.25) is 4.79 Å². The van der Waals surface area contributed by atoms with Crippen molar-refractivity contribution in [3.8, 4) is 5.75 Å². The van der Waals surface area contributed by atoms with Crippen LogP contribution in [0.3, 0.4) is 0 Å². The lowest BCUT2D eigenvalue weighted by Gasteiger charge is -2.18. The van der Waals surface area contributed by atoms with E-state index >= 15 is 0 Å². The number of nitrogens with one attached hydrogen (secondary N) is 1. The van der Waals surface area contributed by atoms with Crippen LogP contribution < -0.4 is 15.8 Å². The molecule has 2 rings (SSSR count). The molecule has 0 fully saturated rings. The summed E-state index contributed by atoms with van der Waals surface area (Å²) in [5.41, 5.74) is 8.08. The third-order valence-corrected chi connectivity index (χ3v) is 3.99. The zero-order valence-electron chi connectivity index (χ0n) is 15.6. The van der Waals surface area contributed by atoms with Gasteiger partial charge in [0, 0.05) is 6.04 Å². The van der Waals surface area contributed by atoms with Crippen molar-refractivity contribution in [2.75, 3.05) is 0 Å². The van der Waals surface area contributed by atoms with E-state index in [1.165, 1.54) is 5.56 Å². The van der Waals surface area contributed by atoms with Gasteiger partial charge in [0.05, 0.1) is 6.10 Å². The first kappa shape index (κ1) is 22.0. The van der Waals surface area contributed by atoms with Crippen molar-refractivity contribution >= 4 is 18.3 Å². The number of halogens is 1. The highest BCUT2D eigenvalue weighted by atomic mass is 35.5. The maximum atomic E-state index is 12.3. The summed E-state index contributed by atoms with van der Waals surface area (Å²) in [5.74, 6) is 0.744. The largest absolute Gasteiger partial charge is 0.491 e. The molecule has 0 aliphatic heterocycles. The lowest BCUT2D eigenvalue weighted by molar-refractivity contribution is -0.123. The highest BCUT2D eigenvalue weighted by Gasteiger charge is 2.17. The minimum absolute atomic E-state index is 0. The second-order valence-corrected chi connectivity index (χ2v) is 6.65. The topological polar surface area (TPSA) is 64.3 Å². The minimum atomic E-state index is -0.629. The second-order valence-electron chi connectivity index (χ2n) is 6.65. The summed E-state index contributed by atoms with van der Waals surface area (Å²) in [6.45, 7) is 6.03. The number of hydrogen-bond donors (Lipinski definition) is 2. The van der Waals surface area contributed by atoms with Crippen LogP contribution in [0, 0.1) is 0 Å². The first-order chi connectivity index (χ1) is 12.0. The van der Waals surface area contributed by atoms with Gasteiger partial charge in [0.15, 0.2) is 0 Å². The van der Waals surface area contributed by atoms with Crippen molar-refractivity contribution in [2.24, 2.45) is 5.73 Å². The van der Waals surface area contributed by atoms with Gasteiger partial charge < -0.3 is 15.8 Å². The number of carbonyl (C=O) groups is 1. The Bertz CT molecular complexity index is 659. The molecule has 0 radical (unpaired) electrons. The van der Waals surface area contributed by atoms with Crippen molar-refractivity contribution in [2.45, 2.75) is 51.8 Å². The van der Waals surface area contributed by atoms with Gasteiger partial charge in [-0.05, 0) is 56.9 Å². The van der Waals surface area contributed by atoms with Gasteiger partial charge >= 0.3 is 0 Å². The lowest BCUT2D eigenvalue weighted by atomic mass is 10.0. The van der Waals surface area contributed by atoms with Crippen molar-refractivity contribution < 1.29 is 9.53 Å². The van der Waals surface area contributed by atoms with Crippen LogP contribution in [0.4, 0.5) is 0 Å². The van der Waals surface area contributed by atoms with E-state index in [-0.39, 0.29) is 30.5 Å². The average Bonchev–Trinajstić information content (AvgIpc) is 2.60. The number of hydrogen-bond acceptors (Lipinski definition) is 3. The van der Waals surface area contributed by atoms with Crippen LogP contribution in [0.5, 0.6) is 5.75 Å². The van der Waals surface area contributed by atoms with Crippen LogP contribution in [-0.2, 0) is 11.2 Å². The van der Waals surface area contributed by atoms with Crippen LogP contribution in [-0.4, -0.2) is 18.1 Å². The van der Waals surface area contributed by atoms with E-state index in [1.807, 2.05) is 63.2 Å². The van der Waals surface area contributed by atoms with Gasteiger partial charge in [0.1, 0.15) is 11.8 Å². The summed E-state index contributed by atoms with van der Waals surface area (Å²) in [4.78, 5) is 12.3. The van der Waals surface area contributed by atoms with Crippen LogP contribution >= 0.6 is 12.4 Å². The van der Waals surface area contributed by atoms with Gasteiger partial charge in [0.25, 0.3) is 0 Å². The summed E-state index contributed by atoms with van der Waals surface area (Å²) in [6, 6.07) is 17.0. The zero-order chi connectivity index (χ0) is 18.2. The molecule has 0 heterocycles. The molecule has 5 heteroatoms. The minimum Gasteiger partial charge on any atom is -0.491 e. The smallest absolute Gasteiger partial charge is 0.241 e. The number of rotatable bonds is 8. The van der Waals surface area contributed by atoms with Gasteiger partial charge in [-0.25, -0.2) is 0 Å². The van der Waals surface area contributed by atoms with E-state index < -0.39 is 6.04 Å². The molecular weight excluding hydrogens is 348 g/mol. The summed E-state index contributed by atoms with van der Waals surface area (Å²) in [7, 11) is 0. The molecule has 0 saturated carbocycles. The molecule has 0 bridgehead atoms. The predicted octanol–water partition coefficient (Wildman–Crippen LogP) is 4.03. The molecular formula is C21H29ClN2O2. The van der Waals surface area contributed by atoms with Gasteiger partial charge in [-0.1, -0.05) is 42.5 Å². The zero-order valence-corrected chi connectivity index (χ0v) is 16.5. The first-order valence-electron chi connectivity index (χ1n) is 8.82. The Kier molecular flexibility index (Phi) is 9.17. The number of ether oxygens (including phenoxy) is 1. The Balaban J connectivity index is 0.00000338. The molecule has 0 aliphatic rings. The maximum absolute atomic E-state index is 12.3. The molecule has 3 N–H and O–H groups in total. The van der Waals surface area contributed by atoms with Crippen molar-refractivity contribution in [1.82, 2.24) is 5.32 Å². The summed E-state index contributed by atoms with van der Waals surface area (Å²) in [5, 5.41) is 3.00. The third kappa shape index (κ3) is 7.06. The van der Waals surface area contributed by atoms with E-state index in [4.69, 9.17) is 10.5 Å². The number of carbonyl (C=O) groups excluding carboxylic acids is 1. The molecule has 26 heavy (non-hydrogen) atoms. The molecule has 2 aromatic carbocycles. The Hall–Kier alpha value is -2.04. The van der Waals surface area contributed by atoms with E-state index in [2.05, 4.69) is 17.4 Å². The Morgan fingerprint density at radius 1 is 1.04 bits per heavy atom. The van der Waals surface area contributed by atoms with Crippen molar-refractivity contribution in [3.05, 3.63) is 65.7 Å². The van der Waals surface area contributed by atoms with Crippen molar-refractivity contribution in [1.29, 1.82) is 0 Å². The van der Waals surface area contributed by atoms with E-state index in [0.29, 0.717) is 0 Å². The highest BCUT2D eigenvalue weighted by molar-refractivity contribution is 5.85. The fourth-order valence-electron chi connectivity index (χ4n) is 2.61. The summed E-state index contributed by atoms with van der Waals surface area (Å²) in [6.07, 6.45) is 1.93. The molecule has 2 aromatic rings. The standard InChI is InChI=1S/C21H28N2O2.ClH/c1-15(2)25-19-13-11-17(12-14-19)10-9-16(3)23-21(24)20(22)18-7-5-4-6-8-18;/h4-8,11-16,20H,9-10,22H2,1-3H3,(H,23,24);1H. The molecule has 2 atom stereocenters. The number of aryl methyl sites for hydroxylation is 1. The van der Waals surface area contributed by atoms with Crippen LogP contribution in [0.25, 0.3) is 0 Å². The molecule has 0 saturated heterocycles. The average molecular weight is 377 g/mol. The molecule has 0 aliphatic carbocycles. The first-order valence-corrected chi connectivity index (χ1v) is 8.82. The number of benzene rings is 2. The monoisotopic (exact) mass is 376 g/mol. The third-order valence-electron chi connectivity index (χ3n) is 3.99. The quantitative estimate of drug-likeness (QED) is 0.730. The fourth-order valence-corrected chi connectivity index (χ4v) is 2.61. The Morgan fingerprint density at radius 2 is 1.65 bits per heavy atom. The van der Waals surface area contributed by atoms with Crippen LogP contribution in [0.15, 0.2) is 54.6 Å². The predicted molar refractivity (Wildman–Crippen MR) is 109 cm³/mol. The van der Waals surface area contributed by atoms with E-state index in [0.717, 1.165) is 24.2 Å². The molecule has 1 amide bonds. The summed E-state index contributed by atoms with van der Waals surface area (Å²) < 4.78 is 5.64. The van der Waals surface area contributed by atoms with E-state index in [9.17, 15) is 4.79 Å². The summed E-state index contributed by atoms with van der Waals surface area (Å²) >= 11 is 0. The normalized spacial score (nSPS) is 12.8. The van der Waals surface area contributed by atoms with Gasteiger partial charge in [0.2, 0.25) is 5.91 Å². The molecule has 142 valence electrons. The Labute approximate surface area is 162 Å². The van der Waals surface area contributed by atoms with Crippen LogP contribution in [0.2, 0.25) is 0 Å². The highest BCUT2D eigenvalue weighted by Crippen LogP contribution is 2.16. The van der Waals surface area contributed by atoms with Gasteiger partial charge in [-0.2, -0.15) is 0 Å². The van der Waals surface area contributed by atoms with Gasteiger partial charge in [-0.15, -0.1) is 12.4 Å². The fraction of sp³-hybridized carbons (Fsp3) is 0.381.